The highest BCUT2D eigenvalue weighted by atomic mass is 16.2. The van der Waals surface area contributed by atoms with Gasteiger partial charge in [-0.3, -0.25) is 9.69 Å². The van der Waals surface area contributed by atoms with E-state index in [-0.39, 0.29) is 6.54 Å². The first kappa shape index (κ1) is 12.8. The van der Waals surface area contributed by atoms with Gasteiger partial charge in [-0.2, -0.15) is 9.98 Å². The standard InChI is InChI=1S/C9H10N4O4/c1-6(10-4-14)12-3-8(16)13(9(12)17)7(2)11-5-15/h6-7H,3H2,1-2H3. The van der Waals surface area contributed by atoms with Crippen LogP contribution in [-0.4, -0.2) is 52.8 Å². The molecule has 1 fully saturated rings. The van der Waals surface area contributed by atoms with Gasteiger partial charge in [-0.1, -0.05) is 0 Å². The van der Waals surface area contributed by atoms with Crippen LogP contribution in [0.1, 0.15) is 13.8 Å². The van der Waals surface area contributed by atoms with E-state index in [1.807, 2.05) is 0 Å². The maximum Gasteiger partial charge on any atom is 0.330 e. The fraction of sp³-hybridized carbons (Fsp3) is 0.556. The van der Waals surface area contributed by atoms with E-state index < -0.39 is 24.3 Å². The van der Waals surface area contributed by atoms with Crippen molar-refractivity contribution in [3.8, 4) is 0 Å². The maximum absolute atomic E-state index is 11.8. The van der Waals surface area contributed by atoms with Gasteiger partial charge in [0.2, 0.25) is 12.2 Å². The Morgan fingerprint density at radius 3 is 2.18 bits per heavy atom. The molecule has 0 aromatic carbocycles. The smallest absolute Gasteiger partial charge is 0.292 e. The molecule has 0 N–H and O–H groups in total. The Hall–Kier alpha value is -2.30. The summed E-state index contributed by atoms with van der Waals surface area (Å²) in [6, 6.07) is -0.645. The number of nitrogens with zero attached hydrogens (tertiary/aromatic N) is 4. The van der Waals surface area contributed by atoms with Crippen LogP contribution < -0.4 is 0 Å². The molecule has 3 amide bonds. The van der Waals surface area contributed by atoms with Crippen molar-refractivity contribution < 1.29 is 19.2 Å². The molecule has 1 rings (SSSR count). The molecule has 8 heteroatoms. The van der Waals surface area contributed by atoms with Crippen LogP contribution in [0.25, 0.3) is 0 Å². The van der Waals surface area contributed by atoms with Crippen molar-refractivity contribution in [2.45, 2.75) is 26.2 Å². The summed E-state index contributed by atoms with van der Waals surface area (Å²) in [5.41, 5.74) is 0. The maximum atomic E-state index is 11.8. The Bertz CT molecular complexity index is 436. The minimum atomic E-state index is -0.912. The fourth-order valence-electron chi connectivity index (χ4n) is 1.47. The Kier molecular flexibility index (Phi) is 3.87. The van der Waals surface area contributed by atoms with Gasteiger partial charge in [0.05, 0.1) is 0 Å². The quantitative estimate of drug-likeness (QED) is 0.378. The molecule has 0 radical (unpaired) electrons. The topological polar surface area (TPSA) is 99.5 Å². The lowest BCUT2D eigenvalue weighted by Gasteiger charge is -2.20. The summed E-state index contributed by atoms with van der Waals surface area (Å²) in [5.74, 6) is -0.505. The molecule has 1 heterocycles. The van der Waals surface area contributed by atoms with Crippen molar-refractivity contribution in [1.29, 1.82) is 0 Å². The second kappa shape index (κ2) is 5.16. The third-order valence-electron chi connectivity index (χ3n) is 2.33. The molecule has 2 unspecified atom stereocenters. The van der Waals surface area contributed by atoms with E-state index in [0.717, 1.165) is 9.80 Å². The number of imide groups is 1. The van der Waals surface area contributed by atoms with E-state index in [4.69, 9.17) is 0 Å². The molecule has 0 bridgehead atoms. The van der Waals surface area contributed by atoms with Crippen molar-refractivity contribution in [2.24, 2.45) is 9.98 Å². The Morgan fingerprint density at radius 1 is 1.12 bits per heavy atom. The first-order valence-electron chi connectivity index (χ1n) is 4.79. The SMILES string of the molecule is CC(N=C=O)N1CC(=O)N(C(C)N=C=O)C1=O. The van der Waals surface area contributed by atoms with Crippen molar-refractivity contribution in [2.75, 3.05) is 6.54 Å². The van der Waals surface area contributed by atoms with Crippen molar-refractivity contribution in [1.82, 2.24) is 9.80 Å². The van der Waals surface area contributed by atoms with Gasteiger partial charge >= 0.3 is 6.03 Å². The molecule has 90 valence electrons. The lowest BCUT2D eigenvalue weighted by Crippen LogP contribution is -2.40. The van der Waals surface area contributed by atoms with E-state index in [0.29, 0.717) is 0 Å². The molecule has 2 atom stereocenters. The number of carbonyl (C=O) groups excluding carboxylic acids is 4. The Labute approximate surface area is 96.6 Å². The summed E-state index contributed by atoms with van der Waals surface area (Å²) in [4.78, 5) is 52.1. The van der Waals surface area contributed by atoms with Crippen molar-refractivity contribution >= 4 is 24.1 Å². The van der Waals surface area contributed by atoms with Crippen LogP contribution in [0.4, 0.5) is 4.79 Å². The van der Waals surface area contributed by atoms with E-state index in [9.17, 15) is 19.2 Å². The normalized spacial score (nSPS) is 18.5. The molecule has 0 aliphatic carbocycles. The summed E-state index contributed by atoms with van der Waals surface area (Å²) >= 11 is 0. The largest absolute Gasteiger partial charge is 0.330 e. The summed E-state index contributed by atoms with van der Waals surface area (Å²) in [5, 5.41) is 0. The third-order valence-corrected chi connectivity index (χ3v) is 2.33. The average Bonchev–Trinajstić information content (AvgIpc) is 2.55. The Balaban J connectivity index is 2.92. The molecule has 0 aromatic heterocycles. The van der Waals surface area contributed by atoms with Crippen molar-refractivity contribution in [3.63, 3.8) is 0 Å². The highest BCUT2D eigenvalue weighted by Crippen LogP contribution is 2.17. The van der Waals surface area contributed by atoms with Crippen LogP contribution in [0.3, 0.4) is 0 Å². The number of amides is 3. The highest BCUT2D eigenvalue weighted by Gasteiger charge is 2.41. The first-order valence-corrected chi connectivity index (χ1v) is 4.79. The summed E-state index contributed by atoms with van der Waals surface area (Å²) in [6.07, 6.45) is 0.905. The zero-order chi connectivity index (χ0) is 13.0. The van der Waals surface area contributed by atoms with Crippen LogP contribution in [0.5, 0.6) is 0 Å². The van der Waals surface area contributed by atoms with E-state index >= 15 is 0 Å². The molecular weight excluding hydrogens is 228 g/mol. The van der Waals surface area contributed by atoms with Crippen LogP contribution >= 0.6 is 0 Å². The van der Waals surface area contributed by atoms with Crippen LogP contribution in [0.2, 0.25) is 0 Å². The number of aliphatic imine (C=N–C) groups is 2. The van der Waals surface area contributed by atoms with Gasteiger partial charge in [0, 0.05) is 0 Å². The number of rotatable bonds is 4. The number of hydrogen-bond acceptors (Lipinski definition) is 6. The third kappa shape index (κ3) is 2.44. The molecule has 8 nitrogen and oxygen atoms in total. The minimum Gasteiger partial charge on any atom is -0.292 e. The predicted octanol–water partition coefficient (Wildman–Crippen LogP) is -0.386. The molecule has 0 aromatic rings. The molecule has 1 aliphatic rings. The molecule has 1 aliphatic heterocycles. The second-order valence-electron chi connectivity index (χ2n) is 3.38. The van der Waals surface area contributed by atoms with Gasteiger partial charge in [0.1, 0.15) is 18.9 Å². The lowest BCUT2D eigenvalue weighted by molar-refractivity contribution is -0.126. The monoisotopic (exact) mass is 238 g/mol. The summed E-state index contributed by atoms with van der Waals surface area (Å²) in [6.45, 7) is 2.69. The Morgan fingerprint density at radius 2 is 1.65 bits per heavy atom. The van der Waals surface area contributed by atoms with Crippen molar-refractivity contribution in [3.05, 3.63) is 0 Å². The summed E-state index contributed by atoms with van der Waals surface area (Å²) in [7, 11) is 0. The lowest BCUT2D eigenvalue weighted by atomic mass is 10.4. The van der Waals surface area contributed by atoms with Gasteiger partial charge in [-0.05, 0) is 13.8 Å². The number of carbonyl (C=O) groups is 2. The average molecular weight is 238 g/mol. The minimum absolute atomic E-state index is 0.204. The zero-order valence-electron chi connectivity index (χ0n) is 9.28. The van der Waals surface area contributed by atoms with Gasteiger partial charge in [0.25, 0.3) is 5.91 Å². The number of urea groups is 1. The van der Waals surface area contributed by atoms with Gasteiger partial charge < -0.3 is 0 Å². The molecule has 0 spiro atoms. The van der Waals surface area contributed by atoms with Gasteiger partial charge in [0.15, 0.2) is 0 Å². The molecule has 17 heavy (non-hydrogen) atoms. The van der Waals surface area contributed by atoms with Gasteiger partial charge in [-0.25, -0.2) is 19.3 Å². The highest BCUT2D eigenvalue weighted by molar-refractivity contribution is 6.02. The number of isocyanates is 2. The first-order chi connectivity index (χ1) is 8.02. The second-order valence-corrected chi connectivity index (χ2v) is 3.38. The van der Waals surface area contributed by atoms with E-state index in [2.05, 4.69) is 9.98 Å². The van der Waals surface area contributed by atoms with Crippen LogP contribution in [0, 0.1) is 0 Å². The van der Waals surface area contributed by atoms with Gasteiger partial charge in [-0.15, -0.1) is 0 Å². The molecule has 0 saturated carbocycles. The van der Waals surface area contributed by atoms with Crippen LogP contribution in [-0.2, 0) is 14.4 Å². The molecule has 1 saturated heterocycles. The van der Waals surface area contributed by atoms with E-state index in [1.165, 1.54) is 26.0 Å². The zero-order valence-corrected chi connectivity index (χ0v) is 9.28. The summed E-state index contributed by atoms with van der Waals surface area (Å²) < 4.78 is 0. The van der Waals surface area contributed by atoms with E-state index in [1.54, 1.807) is 0 Å². The van der Waals surface area contributed by atoms with Crippen LogP contribution in [0.15, 0.2) is 9.98 Å². The predicted molar refractivity (Wildman–Crippen MR) is 54.1 cm³/mol. The molecular formula is C9H10N4O4. The fourth-order valence-corrected chi connectivity index (χ4v) is 1.47. The number of hydrogen-bond donors (Lipinski definition) is 0.